The van der Waals surface area contributed by atoms with E-state index < -0.39 is 17.9 Å². The van der Waals surface area contributed by atoms with Gasteiger partial charge in [-0.15, -0.1) is 0 Å². The van der Waals surface area contributed by atoms with Crippen molar-refractivity contribution in [2.45, 2.75) is 12.5 Å². The quantitative estimate of drug-likeness (QED) is 0.682. The number of carboxylic acid groups (broad SMARTS) is 1. The Hall–Kier alpha value is -2.66. The van der Waals surface area contributed by atoms with Crippen LogP contribution in [0.2, 0.25) is 0 Å². The fraction of sp³-hybridized carbons (Fsp3) is 0.100. The summed E-state index contributed by atoms with van der Waals surface area (Å²) in [6.07, 6.45) is 0.202. The van der Waals surface area contributed by atoms with E-state index in [-0.39, 0.29) is 6.42 Å². The van der Waals surface area contributed by atoms with Gasteiger partial charge in [-0.05, 0) is 28.5 Å². The molecule has 4 nitrogen and oxygen atoms in total. The number of aliphatic carboxylic acids is 1. The predicted octanol–water partition coefficient (Wildman–Crippen LogP) is 4.03. The Balaban J connectivity index is 1.86. The molecule has 0 spiro atoms. The van der Waals surface area contributed by atoms with Gasteiger partial charge in [-0.3, -0.25) is 4.79 Å². The highest BCUT2D eigenvalue weighted by molar-refractivity contribution is 9.10. The normalized spacial score (nSPS) is 11.9. The van der Waals surface area contributed by atoms with Gasteiger partial charge in [0.1, 0.15) is 6.04 Å². The number of fused-ring (bicyclic) bond motifs is 1. The number of benzene rings is 3. The van der Waals surface area contributed by atoms with Gasteiger partial charge in [-0.25, -0.2) is 4.79 Å². The van der Waals surface area contributed by atoms with Gasteiger partial charge in [0, 0.05) is 16.5 Å². The molecule has 3 aromatic carbocycles. The zero-order chi connectivity index (χ0) is 17.8. The fourth-order valence-corrected chi connectivity index (χ4v) is 3.19. The average Bonchev–Trinajstić information content (AvgIpc) is 2.62. The Morgan fingerprint density at radius 1 is 0.960 bits per heavy atom. The Labute approximate surface area is 153 Å². The summed E-state index contributed by atoms with van der Waals surface area (Å²) in [4.78, 5) is 24.3. The molecule has 3 rings (SSSR count). The zero-order valence-corrected chi connectivity index (χ0v) is 14.9. The number of carboxylic acids is 1. The number of carbonyl (C=O) groups excluding carboxylic acids is 1. The highest BCUT2D eigenvalue weighted by atomic mass is 79.9. The molecule has 0 saturated carbocycles. The summed E-state index contributed by atoms with van der Waals surface area (Å²) in [5, 5.41) is 13.9. The van der Waals surface area contributed by atoms with Crippen LogP contribution in [0, 0.1) is 0 Å². The second-order valence-corrected chi connectivity index (χ2v) is 6.54. The van der Waals surface area contributed by atoms with Crippen molar-refractivity contribution < 1.29 is 14.7 Å². The molecule has 0 saturated heterocycles. The molecule has 0 unspecified atom stereocenters. The third-order valence-electron chi connectivity index (χ3n) is 4.02. The van der Waals surface area contributed by atoms with Crippen molar-refractivity contribution >= 4 is 38.6 Å². The van der Waals surface area contributed by atoms with Crippen LogP contribution >= 0.6 is 15.9 Å². The van der Waals surface area contributed by atoms with Crippen LogP contribution in [0.3, 0.4) is 0 Å². The van der Waals surface area contributed by atoms with Gasteiger partial charge >= 0.3 is 5.97 Å². The monoisotopic (exact) mass is 397 g/mol. The maximum Gasteiger partial charge on any atom is 0.326 e. The van der Waals surface area contributed by atoms with Crippen LogP contribution in [0.5, 0.6) is 0 Å². The summed E-state index contributed by atoms with van der Waals surface area (Å²) in [6, 6.07) is 19.3. The second kappa shape index (κ2) is 7.49. The first-order chi connectivity index (χ1) is 12.1. The fourth-order valence-electron chi connectivity index (χ4n) is 2.74. The van der Waals surface area contributed by atoms with Crippen LogP contribution in [-0.2, 0) is 11.2 Å². The first kappa shape index (κ1) is 17.2. The van der Waals surface area contributed by atoms with Crippen molar-refractivity contribution in [1.82, 2.24) is 5.32 Å². The number of halogens is 1. The summed E-state index contributed by atoms with van der Waals surface area (Å²) in [5.74, 6) is -1.46. The first-order valence-electron chi connectivity index (χ1n) is 7.81. The van der Waals surface area contributed by atoms with Crippen LogP contribution < -0.4 is 5.32 Å². The Morgan fingerprint density at radius 3 is 2.40 bits per heavy atom. The van der Waals surface area contributed by atoms with E-state index in [9.17, 15) is 14.7 Å². The second-order valence-electron chi connectivity index (χ2n) is 5.69. The summed E-state index contributed by atoms with van der Waals surface area (Å²) in [5.41, 5.74) is 1.30. The van der Waals surface area contributed by atoms with Crippen molar-refractivity contribution in [1.29, 1.82) is 0 Å². The molecule has 126 valence electrons. The van der Waals surface area contributed by atoms with Gasteiger partial charge in [-0.2, -0.15) is 0 Å². The van der Waals surface area contributed by atoms with Crippen molar-refractivity contribution in [2.75, 3.05) is 0 Å². The number of hydrogen-bond acceptors (Lipinski definition) is 2. The molecular weight excluding hydrogens is 382 g/mol. The largest absolute Gasteiger partial charge is 0.480 e. The molecule has 0 aromatic heterocycles. The Morgan fingerprint density at radius 2 is 1.64 bits per heavy atom. The van der Waals surface area contributed by atoms with Gasteiger partial charge in [0.15, 0.2) is 0 Å². The summed E-state index contributed by atoms with van der Waals surface area (Å²) < 4.78 is 0.820. The molecule has 1 atom stereocenters. The van der Waals surface area contributed by atoms with E-state index >= 15 is 0 Å². The van der Waals surface area contributed by atoms with Gasteiger partial charge in [0.05, 0.1) is 0 Å². The molecule has 25 heavy (non-hydrogen) atoms. The molecule has 0 radical (unpaired) electrons. The average molecular weight is 398 g/mol. The molecule has 0 aliphatic carbocycles. The van der Waals surface area contributed by atoms with Crippen LogP contribution in [-0.4, -0.2) is 23.0 Å². The van der Waals surface area contributed by atoms with Crippen molar-refractivity contribution in [3.8, 4) is 0 Å². The van der Waals surface area contributed by atoms with Gasteiger partial charge < -0.3 is 10.4 Å². The highest BCUT2D eigenvalue weighted by Gasteiger charge is 2.22. The van der Waals surface area contributed by atoms with Gasteiger partial charge in [-0.1, -0.05) is 70.5 Å². The summed E-state index contributed by atoms with van der Waals surface area (Å²) in [6.45, 7) is 0. The Bertz CT molecular complexity index is 934. The number of nitrogens with one attached hydrogen (secondary N) is 1. The highest BCUT2D eigenvalue weighted by Crippen LogP contribution is 2.20. The van der Waals surface area contributed by atoms with Crippen LogP contribution in [0.15, 0.2) is 71.2 Å². The summed E-state index contributed by atoms with van der Waals surface area (Å²) >= 11 is 3.41. The van der Waals surface area contributed by atoms with Crippen LogP contribution in [0.1, 0.15) is 15.9 Å². The lowest BCUT2D eigenvalue weighted by atomic mass is 10.0. The number of amides is 1. The Kier molecular flexibility index (Phi) is 5.14. The molecule has 0 bridgehead atoms. The van der Waals surface area contributed by atoms with E-state index in [1.54, 1.807) is 12.1 Å². The van der Waals surface area contributed by atoms with E-state index in [0.29, 0.717) is 5.56 Å². The van der Waals surface area contributed by atoms with Crippen molar-refractivity contribution in [2.24, 2.45) is 0 Å². The minimum absolute atomic E-state index is 0.202. The van der Waals surface area contributed by atoms with E-state index in [1.807, 2.05) is 54.6 Å². The molecule has 0 fully saturated rings. The van der Waals surface area contributed by atoms with Crippen LogP contribution in [0.25, 0.3) is 10.8 Å². The number of hydrogen-bond donors (Lipinski definition) is 2. The molecule has 2 N–H and O–H groups in total. The summed E-state index contributed by atoms with van der Waals surface area (Å²) in [7, 11) is 0. The van der Waals surface area contributed by atoms with Gasteiger partial charge in [0.25, 0.3) is 5.91 Å². The SMILES string of the molecule is O=C(N[C@@H](Cc1ccccc1Br)C(=O)O)c1cccc2ccccc12. The van der Waals surface area contributed by atoms with Gasteiger partial charge in [0.2, 0.25) is 0 Å². The topological polar surface area (TPSA) is 66.4 Å². The molecule has 0 heterocycles. The van der Waals surface area contributed by atoms with E-state index in [0.717, 1.165) is 20.8 Å². The maximum atomic E-state index is 12.7. The molecule has 0 aliphatic rings. The lowest BCUT2D eigenvalue weighted by Gasteiger charge is -2.16. The molecular formula is C20H16BrNO3. The molecule has 1 amide bonds. The minimum atomic E-state index is -1.07. The van der Waals surface area contributed by atoms with E-state index in [1.165, 1.54) is 0 Å². The third kappa shape index (κ3) is 3.88. The third-order valence-corrected chi connectivity index (χ3v) is 4.79. The lowest BCUT2D eigenvalue weighted by molar-refractivity contribution is -0.139. The van der Waals surface area contributed by atoms with Crippen LogP contribution in [0.4, 0.5) is 0 Å². The van der Waals surface area contributed by atoms with Crippen molar-refractivity contribution in [3.05, 3.63) is 82.3 Å². The van der Waals surface area contributed by atoms with Crippen molar-refractivity contribution in [3.63, 3.8) is 0 Å². The van der Waals surface area contributed by atoms with E-state index in [2.05, 4.69) is 21.2 Å². The maximum absolute atomic E-state index is 12.7. The number of carbonyl (C=O) groups is 2. The number of rotatable bonds is 5. The lowest BCUT2D eigenvalue weighted by Crippen LogP contribution is -2.42. The molecule has 3 aromatic rings. The predicted molar refractivity (Wildman–Crippen MR) is 101 cm³/mol. The smallest absolute Gasteiger partial charge is 0.326 e. The minimum Gasteiger partial charge on any atom is -0.480 e. The molecule has 5 heteroatoms. The standard InChI is InChI=1S/C20H16BrNO3/c21-17-11-4-2-7-14(17)12-18(20(24)25)22-19(23)16-10-5-8-13-6-1-3-9-15(13)16/h1-11,18H,12H2,(H,22,23)(H,24,25)/t18-/m0/s1. The zero-order valence-electron chi connectivity index (χ0n) is 13.3. The van der Waals surface area contributed by atoms with E-state index in [4.69, 9.17) is 0 Å². The first-order valence-corrected chi connectivity index (χ1v) is 8.60. The molecule has 0 aliphatic heterocycles.